The predicted molar refractivity (Wildman–Crippen MR) is 68.9 cm³/mol. The van der Waals surface area contributed by atoms with Crippen molar-refractivity contribution >= 4 is 11.9 Å². The van der Waals surface area contributed by atoms with Crippen LogP contribution in [0.4, 0.5) is 4.79 Å². The SMILES string of the molecule is CCC[C@@H]1NC(=O)N(CN2CCC[C@H](C)C2)C1=O. The summed E-state index contributed by atoms with van der Waals surface area (Å²) in [6.45, 7) is 6.66. The lowest BCUT2D eigenvalue weighted by molar-refractivity contribution is -0.129. The molecule has 18 heavy (non-hydrogen) atoms. The zero-order valence-corrected chi connectivity index (χ0v) is 11.3. The van der Waals surface area contributed by atoms with E-state index in [9.17, 15) is 9.59 Å². The zero-order chi connectivity index (χ0) is 13.1. The highest BCUT2D eigenvalue weighted by molar-refractivity contribution is 6.04. The van der Waals surface area contributed by atoms with Crippen LogP contribution >= 0.6 is 0 Å². The third-order valence-electron chi connectivity index (χ3n) is 3.77. The molecule has 2 aliphatic heterocycles. The molecule has 0 unspecified atom stereocenters. The van der Waals surface area contributed by atoms with Crippen LogP contribution in [0, 0.1) is 5.92 Å². The Morgan fingerprint density at radius 1 is 1.39 bits per heavy atom. The van der Waals surface area contributed by atoms with Crippen molar-refractivity contribution in [3.05, 3.63) is 0 Å². The summed E-state index contributed by atoms with van der Waals surface area (Å²) in [6.07, 6.45) is 4.04. The minimum Gasteiger partial charge on any atom is -0.326 e. The fourth-order valence-corrected chi connectivity index (χ4v) is 2.81. The van der Waals surface area contributed by atoms with Gasteiger partial charge in [0.15, 0.2) is 0 Å². The smallest absolute Gasteiger partial charge is 0.325 e. The molecule has 0 aromatic rings. The van der Waals surface area contributed by atoms with Gasteiger partial charge in [-0.2, -0.15) is 0 Å². The van der Waals surface area contributed by atoms with Gasteiger partial charge in [0, 0.05) is 6.54 Å². The number of carbonyl (C=O) groups is 2. The van der Waals surface area contributed by atoms with Crippen molar-refractivity contribution in [1.29, 1.82) is 0 Å². The summed E-state index contributed by atoms with van der Waals surface area (Å²) in [5.41, 5.74) is 0. The van der Waals surface area contributed by atoms with Crippen molar-refractivity contribution in [2.24, 2.45) is 5.92 Å². The van der Waals surface area contributed by atoms with Crippen molar-refractivity contribution in [1.82, 2.24) is 15.1 Å². The van der Waals surface area contributed by atoms with E-state index in [-0.39, 0.29) is 18.0 Å². The number of rotatable bonds is 4. The van der Waals surface area contributed by atoms with E-state index >= 15 is 0 Å². The van der Waals surface area contributed by atoms with Crippen LogP contribution < -0.4 is 5.32 Å². The van der Waals surface area contributed by atoms with E-state index in [0.29, 0.717) is 12.6 Å². The first-order valence-corrected chi connectivity index (χ1v) is 6.96. The molecule has 102 valence electrons. The van der Waals surface area contributed by atoms with Crippen LogP contribution in [0.25, 0.3) is 0 Å². The Morgan fingerprint density at radius 3 is 2.83 bits per heavy atom. The predicted octanol–water partition coefficient (Wildman–Crippen LogP) is 1.40. The van der Waals surface area contributed by atoms with Gasteiger partial charge in [0.1, 0.15) is 6.04 Å². The van der Waals surface area contributed by atoms with Crippen molar-refractivity contribution in [2.45, 2.75) is 45.6 Å². The molecule has 0 aliphatic carbocycles. The first kappa shape index (κ1) is 13.3. The standard InChI is InChI=1S/C13H23N3O2/c1-3-5-11-12(17)16(13(18)14-11)9-15-7-4-6-10(2)8-15/h10-11H,3-9H2,1-2H3,(H,14,18)/t10-,11-/m0/s1. The van der Waals surface area contributed by atoms with Crippen molar-refractivity contribution < 1.29 is 9.59 Å². The average molecular weight is 253 g/mol. The maximum atomic E-state index is 12.1. The number of likely N-dealkylation sites (tertiary alicyclic amines) is 1. The fraction of sp³-hybridized carbons (Fsp3) is 0.846. The van der Waals surface area contributed by atoms with E-state index < -0.39 is 0 Å². The fourth-order valence-electron chi connectivity index (χ4n) is 2.81. The number of imide groups is 1. The Bertz CT molecular complexity index is 332. The molecule has 0 spiro atoms. The molecule has 5 nitrogen and oxygen atoms in total. The van der Waals surface area contributed by atoms with Gasteiger partial charge in [-0.1, -0.05) is 20.3 Å². The van der Waals surface area contributed by atoms with E-state index in [1.807, 2.05) is 6.92 Å². The lowest BCUT2D eigenvalue weighted by Crippen LogP contribution is -2.45. The maximum Gasteiger partial charge on any atom is 0.325 e. The van der Waals surface area contributed by atoms with Gasteiger partial charge in [-0.15, -0.1) is 0 Å². The number of nitrogens with zero attached hydrogens (tertiary/aromatic N) is 2. The van der Waals surface area contributed by atoms with E-state index in [2.05, 4.69) is 17.1 Å². The highest BCUT2D eigenvalue weighted by atomic mass is 16.2. The van der Waals surface area contributed by atoms with Crippen molar-refractivity contribution in [3.63, 3.8) is 0 Å². The van der Waals surface area contributed by atoms with E-state index in [1.165, 1.54) is 11.3 Å². The van der Waals surface area contributed by atoms with Crippen molar-refractivity contribution in [2.75, 3.05) is 19.8 Å². The van der Waals surface area contributed by atoms with Crippen LogP contribution in [0.5, 0.6) is 0 Å². The molecule has 2 saturated heterocycles. The summed E-state index contributed by atoms with van der Waals surface area (Å²) < 4.78 is 0. The summed E-state index contributed by atoms with van der Waals surface area (Å²) >= 11 is 0. The molecule has 0 bridgehead atoms. The summed E-state index contributed by atoms with van der Waals surface area (Å²) in [5.74, 6) is 0.603. The molecule has 0 radical (unpaired) electrons. The molecule has 2 rings (SSSR count). The molecule has 1 N–H and O–H groups in total. The van der Waals surface area contributed by atoms with Gasteiger partial charge in [-0.25, -0.2) is 9.69 Å². The van der Waals surface area contributed by atoms with Gasteiger partial charge in [0.2, 0.25) is 0 Å². The van der Waals surface area contributed by atoms with Crippen LogP contribution in [0.2, 0.25) is 0 Å². The first-order chi connectivity index (χ1) is 8.61. The highest BCUT2D eigenvalue weighted by Crippen LogP contribution is 2.18. The molecular formula is C13H23N3O2. The molecular weight excluding hydrogens is 230 g/mol. The summed E-state index contributed by atoms with van der Waals surface area (Å²) in [4.78, 5) is 27.5. The van der Waals surface area contributed by atoms with Crippen LogP contribution in [-0.2, 0) is 4.79 Å². The van der Waals surface area contributed by atoms with E-state index in [4.69, 9.17) is 0 Å². The number of piperidine rings is 1. The second-order valence-electron chi connectivity index (χ2n) is 5.52. The van der Waals surface area contributed by atoms with Gasteiger partial charge in [0.25, 0.3) is 5.91 Å². The number of hydrogen-bond donors (Lipinski definition) is 1. The topological polar surface area (TPSA) is 52.7 Å². The normalized spacial score (nSPS) is 29.8. The zero-order valence-electron chi connectivity index (χ0n) is 11.3. The second-order valence-corrected chi connectivity index (χ2v) is 5.52. The van der Waals surface area contributed by atoms with Gasteiger partial charge in [-0.3, -0.25) is 9.69 Å². The minimum absolute atomic E-state index is 0.0555. The minimum atomic E-state index is -0.301. The van der Waals surface area contributed by atoms with Crippen LogP contribution in [-0.4, -0.2) is 47.5 Å². The largest absolute Gasteiger partial charge is 0.326 e. The van der Waals surface area contributed by atoms with Crippen LogP contribution in [0.1, 0.15) is 39.5 Å². The monoisotopic (exact) mass is 253 g/mol. The first-order valence-electron chi connectivity index (χ1n) is 6.96. The number of urea groups is 1. The van der Waals surface area contributed by atoms with Crippen molar-refractivity contribution in [3.8, 4) is 0 Å². The van der Waals surface area contributed by atoms with Gasteiger partial charge < -0.3 is 5.32 Å². The average Bonchev–Trinajstić information content (AvgIpc) is 2.58. The molecule has 2 heterocycles. The molecule has 0 aromatic heterocycles. The molecule has 0 saturated carbocycles. The van der Waals surface area contributed by atoms with Gasteiger partial charge >= 0.3 is 6.03 Å². The van der Waals surface area contributed by atoms with E-state index in [1.54, 1.807) is 0 Å². The molecule has 0 aromatic carbocycles. The number of hydrogen-bond acceptors (Lipinski definition) is 3. The van der Waals surface area contributed by atoms with Crippen LogP contribution in [0.15, 0.2) is 0 Å². The maximum absolute atomic E-state index is 12.1. The Kier molecular flexibility index (Phi) is 4.22. The van der Waals surface area contributed by atoms with Gasteiger partial charge in [-0.05, 0) is 31.7 Å². The quantitative estimate of drug-likeness (QED) is 0.770. The lowest BCUT2D eigenvalue weighted by Gasteiger charge is -2.32. The number of nitrogens with one attached hydrogen (secondary N) is 1. The Balaban J connectivity index is 1.92. The Hall–Kier alpha value is -1.10. The molecule has 3 amide bonds. The Morgan fingerprint density at radius 2 is 2.17 bits per heavy atom. The molecule has 5 heteroatoms. The summed E-state index contributed by atoms with van der Waals surface area (Å²) in [6, 6.07) is -0.526. The molecule has 2 aliphatic rings. The molecule has 2 atom stereocenters. The third-order valence-corrected chi connectivity index (χ3v) is 3.77. The summed E-state index contributed by atoms with van der Waals surface area (Å²) in [7, 11) is 0. The highest BCUT2D eigenvalue weighted by Gasteiger charge is 2.38. The van der Waals surface area contributed by atoms with E-state index in [0.717, 1.165) is 32.4 Å². The Labute approximate surface area is 108 Å². The molecule has 2 fully saturated rings. The lowest BCUT2D eigenvalue weighted by atomic mass is 10.0. The number of amides is 3. The number of carbonyl (C=O) groups excluding carboxylic acids is 2. The second kappa shape index (κ2) is 5.69. The van der Waals surface area contributed by atoms with Gasteiger partial charge in [0.05, 0.1) is 6.67 Å². The summed E-state index contributed by atoms with van der Waals surface area (Å²) in [5, 5.41) is 2.77. The third kappa shape index (κ3) is 2.83. The van der Waals surface area contributed by atoms with Crippen LogP contribution in [0.3, 0.4) is 0 Å².